The van der Waals surface area contributed by atoms with Gasteiger partial charge in [-0.3, -0.25) is 0 Å². The van der Waals surface area contributed by atoms with E-state index in [1.54, 1.807) is 17.4 Å². The number of hydrogen-bond acceptors (Lipinski definition) is 5. The summed E-state index contributed by atoms with van der Waals surface area (Å²) in [4.78, 5) is 16.8. The van der Waals surface area contributed by atoms with Gasteiger partial charge in [0.05, 0.1) is 12.8 Å². The lowest BCUT2D eigenvalue weighted by molar-refractivity contribution is 0.0595. The molecule has 4 aromatic rings. The molecule has 0 unspecified atom stereocenters. The number of aryl methyl sites for hydroxylation is 1. The van der Waals surface area contributed by atoms with Gasteiger partial charge in [0.1, 0.15) is 22.9 Å². The molecule has 0 saturated carbocycles. The topological polar surface area (TPSA) is 48.4 Å². The van der Waals surface area contributed by atoms with E-state index in [1.807, 2.05) is 35.7 Å². The second-order valence-electron chi connectivity index (χ2n) is 6.49. The summed E-state index contributed by atoms with van der Waals surface area (Å²) in [7, 11) is 1.37. The van der Waals surface area contributed by atoms with Crippen LogP contribution in [0.2, 0.25) is 0 Å². The standard InChI is InChI=1S/C23H19NO3S/c1-15-7-9-16(10-8-15)22-24-19(14-28-22)13-27-21-12-18-6-4-3-5-17(18)11-20(21)23(25)26-2/h3-12,14H,13H2,1-2H3. The summed E-state index contributed by atoms with van der Waals surface area (Å²) >= 11 is 1.58. The zero-order chi connectivity index (χ0) is 19.5. The molecule has 4 nitrogen and oxygen atoms in total. The van der Waals surface area contributed by atoms with Crippen molar-refractivity contribution in [1.82, 2.24) is 4.98 Å². The number of thiazole rings is 1. The van der Waals surface area contributed by atoms with E-state index in [9.17, 15) is 4.79 Å². The number of carbonyl (C=O) groups excluding carboxylic acids is 1. The maximum absolute atomic E-state index is 12.2. The van der Waals surface area contributed by atoms with Gasteiger partial charge in [0.2, 0.25) is 0 Å². The van der Waals surface area contributed by atoms with Crippen molar-refractivity contribution in [3.05, 3.63) is 82.9 Å². The molecule has 0 atom stereocenters. The molecule has 0 aliphatic heterocycles. The zero-order valence-corrected chi connectivity index (χ0v) is 16.5. The molecule has 3 aromatic carbocycles. The van der Waals surface area contributed by atoms with E-state index in [0.717, 1.165) is 27.0 Å². The largest absolute Gasteiger partial charge is 0.486 e. The van der Waals surface area contributed by atoms with Crippen molar-refractivity contribution in [2.24, 2.45) is 0 Å². The highest BCUT2D eigenvalue weighted by Crippen LogP contribution is 2.29. The minimum absolute atomic E-state index is 0.282. The Morgan fingerprint density at radius 1 is 1.04 bits per heavy atom. The summed E-state index contributed by atoms with van der Waals surface area (Å²) < 4.78 is 10.9. The highest BCUT2D eigenvalue weighted by atomic mass is 32.1. The van der Waals surface area contributed by atoms with Crippen LogP contribution in [0.15, 0.2) is 66.0 Å². The highest BCUT2D eigenvalue weighted by molar-refractivity contribution is 7.13. The monoisotopic (exact) mass is 389 g/mol. The summed E-state index contributed by atoms with van der Waals surface area (Å²) in [5, 5.41) is 4.90. The van der Waals surface area contributed by atoms with Crippen molar-refractivity contribution in [3.63, 3.8) is 0 Å². The first-order chi connectivity index (χ1) is 13.6. The minimum Gasteiger partial charge on any atom is -0.486 e. The van der Waals surface area contributed by atoms with Gasteiger partial charge in [-0.25, -0.2) is 9.78 Å². The number of esters is 1. The van der Waals surface area contributed by atoms with Gasteiger partial charge in [0, 0.05) is 10.9 Å². The number of methoxy groups -OCH3 is 1. The third-order valence-electron chi connectivity index (χ3n) is 4.48. The zero-order valence-electron chi connectivity index (χ0n) is 15.6. The Kier molecular flexibility index (Phi) is 5.08. The number of nitrogens with zero attached hydrogens (tertiary/aromatic N) is 1. The summed E-state index contributed by atoms with van der Waals surface area (Å²) in [6.45, 7) is 2.35. The molecular weight excluding hydrogens is 370 g/mol. The molecule has 0 N–H and O–H groups in total. The number of aromatic nitrogens is 1. The van der Waals surface area contributed by atoms with Crippen LogP contribution < -0.4 is 4.74 Å². The van der Waals surface area contributed by atoms with Gasteiger partial charge in [-0.1, -0.05) is 54.1 Å². The van der Waals surface area contributed by atoms with E-state index in [2.05, 4.69) is 36.2 Å². The number of carbonyl (C=O) groups is 1. The van der Waals surface area contributed by atoms with Gasteiger partial charge >= 0.3 is 5.97 Å². The third-order valence-corrected chi connectivity index (χ3v) is 5.42. The molecule has 0 aliphatic rings. The first kappa shape index (κ1) is 18.2. The van der Waals surface area contributed by atoms with Crippen LogP contribution >= 0.6 is 11.3 Å². The van der Waals surface area contributed by atoms with Crippen LogP contribution in [0.1, 0.15) is 21.6 Å². The van der Waals surface area contributed by atoms with Crippen LogP contribution in [-0.4, -0.2) is 18.1 Å². The fourth-order valence-electron chi connectivity index (χ4n) is 2.96. The molecule has 0 spiro atoms. The molecular formula is C23H19NO3S. The van der Waals surface area contributed by atoms with Crippen molar-refractivity contribution in [3.8, 4) is 16.3 Å². The molecule has 1 aromatic heterocycles. The molecule has 0 fully saturated rings. The van der Waals surface area contributed by atoms with E-state index >= 15 is 0 Å². The van der Waals surface area contributed by atoms with Crippen molar-refractivity contribution >= 4 is 28.1 Å². The van der Waals surface area contributed by atoms with Gasteiger partial charge in [0.15, 0.2) is 0 Å². The maximum Gasteiger partial charge on any atom is 0.341 e. The smallest absolute Gasteiger partial charge is 0.341 e. The predicted octanol–water partition coefficient (Wildman–Crippen LogP) is 5.64. The lowest BCUT2D eigenvalue weighted by Gasteiger charge is -2.11. The van der Waals surface area contributed by atoms with Crippen LogP contribution in [0.3, 0.4) is 0 Å². The second-order valence-corrected chi connectivity index (χ2v) is 7.34. The fraction of sp³-hybridized carbons (Fsp3) is 0.130. The fourth-order valence-corrected chi connectivity index (χ4v) is 3.77. The molecule has 0 radical (unpaired) electrons. The third kappa shape index (κ3) is 3.75. The average molecular weight is 389 g/mol. The van der Waals surface area contributed by atoms with Crippen molar-refractivity contribution in [2.75, 3.05) is 7.11 Å². The number of rotatable bonds is 5. The molecule has 0 bridgehead atoms. The number of ether oxygens (including phenoxy) is 2. The van der Waals surface area contributed by atoms with Gasteiger partial charge in [0.25, 0.3) is 0 Å². The number of hydrogen-bond donors (Lipinski definition) is 0. The summed E-state index contributed by atoms with van der Waals surface area (Å²) in [5.41, 5.74) is 3.54. The Hall–Kier alpha value is -3.18. The molecule has 1 heterocycles. The summed E-state index contributed by atoms with van der Waals surface area (Å²) in [5.74, 6) is 0.0785. The Morgan fingerprint density at radius 3 is 2.46 bits per heavy atom. The molecule has 4 rings (SSSR count). The van der Waals surface area contributed by atoms with E-state index in [0.29, 0.717) is 11.3 Å². The molecule has 0 saturated heterocycles. The normalized spacial score (nSPS) is 10.8. The van der Waals surface area contributed by atoms with Crippen LogP contribution in [0, 0.1) is 6.92 Å². The van der Waals surface area contributed by atoms with Crippen molar-refractivity contribution < 1.29 is 14.3 Å². The first-order valence-corrected chi connectivity index (χ1v) is 9.77. The number of fused-ring (bicyclic) bond motifs is 1. The van der Waals surface area contributed by atoms with Crippen molar-refractivity contribution in [1.29, 1.82) is 0 Å². The SMILES string of the molecule is COC(=O)c1cc2ccccc2cc1OCc1csc(-c2ccc(C)cc2)n1. The molecule has 0 aliphatic carbocycles. The molecule has 5 heteroatoms. The van der Waals surface area contributed by atoms with Crippen LogP contribution in [-0.2, 0) is 11.3 Å². The van der Waals surface area contributed by atoms with Crippen LogP contribution in [0.4, 0.5) is 0 Å². The molecule has 140 valence electrons. The average Bonchev–Trinajstić information content (AvgIpc) is 3.20. The Bertz CT molecular complexity index is 1130. The maximum atomic E-state index is 12.2. The lowest BCUT2D eigenvalue weighted by Crippen LogP contribution is -2.06. The highest BCUT2D eigenvalue weighted by Gasteiger charge is 2.15. The number of benzene rings is 3. The first-order valence-electron chi connectivity index (χ1n) is 8.89. The van der Waals surface area contributed by atoms with Gasteiger partial charge in [-0.2, -0.15) is 0 Å². The Balaban J connectivity index is 1.58. The predicted molar refractivity (Wildman–Crippen MR) is 112 cm³/mol. The quantitative estimate of drug-likeness (QED) is 0.415. The lowest BCUT2D eigenvalue weighted by atomic mass is 10.1. The summed E-state index contributed by atoms with van der Waals surface area (Å²) in [6.07, 6.45) is 0. The van der Waals surface area contributed by atoms with Gasteiger partial charge in [-0.15, -0.1) is 11.3 Å². The minimum atomic E-state index is -0.417. The second kappa shape index (κ2) is 7.82. The van der Waals surface area contributed by atoms with Crippen molar-refractivity contribution in [2.45, 2.75) is 13.5 Å². The van der Waals surface area contributed by atoms with E-state index in [-0.39, 0.29) is 6.61 Å². The van der Waals surface area contributed by atoms with Gasteiger partial charge in [-0.05, 0) is 29.8 Å². The van der Waals surface area contributed by atoms with E-state index in [1.165, 1.54) is 12.7 Å². The summed E-state index contributed by atoms with van der Waals surface area (Å²) in [6, 6.07) is 19.8. The van der Waals surface area contributed by atoms with Crippen LogP contribution in [0.25, 0.3) is 21.3 Å². The van der Waals surface area contributed by atoms with E-state index in [4.69, 9.17) is 9.47 Å². The Morgan fingerprint density at radius 2 is 1.75 bits per heavy atom. The van der Waals surface area contributed by atoms with Crippen LogP contribution in [0.5, 0.6) is 5.75 Å². The molecule has 0 amide bonds. The Labute approximate surface area is 167 Å². The molecule has 28 heavy (non-hydrogen) atoms. The van der Waals surface area contributed by atoms with Gasteiger partial charge < -0.3 is 9.47 Å². The van der Waals surface area contributed by atoms with E-state index < -0.39 is 5.97 Å².